The molecule has 0 spiro atoms. The molecule has 1 amide bonds. The summed E-state index contributed by atoms with van der Waals surface area (Å²) in [6.07, 6.45) is 2.75. The van der Waals surface area contributed by atoms with Crippen molar-refractivity contribution in [3.05, 3.63) is 59.7 Å². The first-order valence-corrected chi connectivity index (χ1v) is 13.5. The van der Waals surface area contributed by atoms with Gasteiger partial charge in [0.1, 0.15) is 0 Å². The van der Waals surface area contributed by atoms with Crippen LogP contribution >= 0.6 is 0 Å². The van der Waals surface area contributed by atoms with E-state index in [1.165, 1.54) is 28.6 Å². The fourth-order valence-electron chi connectivity index (χ4n) is 3.54. The van der Waals surface area contributed by atoms with Crippen LogP contribution in [0.25, 0.3) is 0 Å². The molecule has 1 aliphatic rings. The Morgan fingerprint density at radius 1 is 0.938 bits per heavy atom. The number of rotatable bonds is 8. The van der Waals surface area contributed by atoms with Crippen LogP contribution < -0.4 is 10.0 Å². The highest BCUT2D eigenvalue weighted by Crippen LogP contribution is 2.21. The highest BCUT2D eigenvalue weighted by Gasteiger charge is 2.26. The van der Waals surface area contributed by atoms with Crippen molar-refractivity contribution in [1.29, 1.82) is 0 Å². The van der Waals surface area contributed by atoms with E-state index >= 15 is 0 Å². The van der Waals surface area contributed by atoms with Gasteiger partial charge in [0.05, 0.1) is 9.79 Å². The summed E-state index contributed by atoms with van der Waals surface area (Å²) in [4.78, 5) is 12.8. The van der Waals surface area contributed by atoms with Gasteiger partial charge in [-0.3, -0.25) is 4.79 Å². The largest absolute Gasteiger partial charge is 0.348 e. The van der Waals surface area contributed by atoms with E-state index in [1.54, 1.807) is 38.1 Å². The van der Waals surface area contributed by atoms with Crippen LogP contribution in [0.3, 0.4) is 0 Å². The highest BCUT2D eigenvalue weighted by atomic mass is 32.2. The van der Waals surface area contributed by atoms with E-state index in [-0.39, 0.29) is 27.9 Å². The number of nitrogens with zero attached hydrogens (tertiary/aromatic N) is 1. The number of carbonyl (C=O) groups excluding carboxylic acids is 1. The summed E-state index contributed by atoms with van der Waals surface area (Å²) in [5, 5.41) is 2.73. The average molecular weight is 480 g/mol. The van der Waals surface area contributed by atoms with Crippen molar-refractivity contribution < 1.29 is 21.6 Å². The van der Waals surface area contributed by atoms with Gasteiger partial charge >= 0.3 is 0 Å². The van der Waals surface area contributed by atoms with Gasteiger partial charge in [-0.15, -0.1) is 0 Å². The van der Waals surface area contributed by atoms with Crippen LogP contribution in [0.2, 0.25) is 0 Å². The van der Waals surface area contributed by atoms with Gasteiger partial charge < -0.3 is 5.32 Å². The summed E-state index contributed by atoms with van der Waals surface area (Å²) in [7, 11) is -7.28. The minimum atomic E-state index is -3.72. The lowest BCUT2D eigenvalue weighted by Crippen LogP contribution is -2.35. The van der Waals surface area contributed by atoms with E-state index < -0.39 is 26.0 Å². The minimum Gasteiger partial charge on any atom is -0.348 e. The Morgan fingerprint density at radius 2 is 1.59 bits per heavy atom. The number of hydrogen-bond donors (Lipinski definition) is 2. The van der Waals surface area contributed by atoms with E-state index in [4.69, 9.17) is 0 Å². The third-order valence-corrected chi connectivity index (χ3v) is 8.65. The zero-order chi connectivity index (χ0) is 23.4. The lowest BCUT2D eigenvalue weighted by Gasteiger charge is -2.26. The first-order chi connectivity index (χ1) is 15.1. The molecule has 1 aliphatic heterocycles. The molecule has 174 valence electrons. The molecule has 0 unspecified atom stereocenters. The molecule has 2 aromatic rings. The topological polar surface area (TPSA) is 113 Å². The molecule has 10 heteroatoms. The Kier molecular flexibility index (Phi) is 7.71. The molecular weight excluding hydrogens is 450 g/mol. The first-order valence-electron chi connectivity index (χ1n) is 10.6. The molecule has 2 aromatic carbocycles. The van der Waals surface area contributed by atoms with Crippen molar-refractivity contribution in [2.24, 2.45) is 0 Å². The van der Waals surface area contributed by atoms with Crippen molar-refractivity contribution in [2.75, 3.05) is 13.1 Å². The maximum Gasteiger partial charge on any atom is 0.251 e. The molecule has 1 fully saturated rings. The minimum absolute atomic E-state index is 0.00784. The lowest BCUT2D eigenvalue weighted by molar-refractivity contribution is 0.0950. The Hall–Kier alpha value is -2.27. The lowest BCUT2D eigenvalue weighted by atomic mass is 10.2. The van der Waals surface area contributed by atoms with Crippen LogP contribution in [-0.2, 0) is 26.6 Å². The van der Waals surface area contributed by atoms with Gasteiger partial charge in [0.25, 0.3) is 5.91 Å². The van der Waals surface area contributed by atoms with Crippen molar-refractivity contribution >= 4 is 26.0 Å². The maximum absolute atomic E-state index is 12.9. The second-order valence-electron chi connectivity index (χ2n) is 8.10. The molecule has 2 N–H and O–H groups in total. The Morgan fingerprint density at radius 3 is 2.28 bits per heavy atom. The molecule has 0 bridgehead atoms. The van der Waals surface area contributed by atoms with Crippen LogP contribution in [0.1, 0.15) is 49.0 Å². The first kappa shape index (κ1) is 24.4. The second-order valence-corrected chi connectivity index (χ2v) is 11.8. The van der Waals surface area contributed by atoms with Gasteiger partial charge in [0.2, 0.25) is 20.0 Å². The van der Waals surface area contributed by atoms with E-state index in [2.05, 4.69) is 10.0 Å². The summed E-state index contributed by atoms with van der Waals surface area (Å²) < 4.78 is 54.5. The summed E-state index contributed by atoms with van der Waals surface area (Å²) in [5.74, 6) is -0.448. The predicted molar refractivity (Wildman–Crippen MR) is 122 cm³/mol. The molecule has 1 heterocycles. The Bertz CT molecular complexity index is 1170. The van der Waals surface area contributed by atoms with Crippen molar-refractivity contribution in [3.63, 3.8) is 0 Å². The molecule has 32 heavy (non-hydrogen) atoms. The molecular formula is C22H29N3O5S2. The zero-order valence-electron chi connectivity index (χ0n) is 18.2. The van der Waals surface area contributed by atoms with E-state index in [0.717, 1.165) is 19.3 Å². The predicted octanol–water partition coefficient (Wildman–Crippen LogP) is 2.48. The number of carbonyl (C=O) groups is 1. The number of hydrogen-bond acceptors (Lipinski definition) is 5. The number of amides is 1. The SMILES string of the molecule is CC(C)NS(=O)(=O)c1cccc(C(=O)NCc2cccc(S(=O)(=O)N3CCCCC3)c2)c1. The maximum atomic E-state index is 12.9. The van der Waals surface area contributed by atoms with Gasteiger partial charge in [-0.1, -0.05) is 24.6 Å². The molecule has 0 atom stereocenters. The fourth-order valence-corrected chi connectivity index (χ4v) is 6.42. The second kappa shape index (κ2) is 10.1. The van der Waals surface area contributed by atoms with Gasteiger partial charge in [-0.2, -0.15) is 4.31 Å². The normalized spacial score (nSPS) is 15.6. The van der Waals surface area contributed by atoms with Crippen LogP contribution in [-0.4, -0.2) is 46.2 Å². The summed E-state index contributed by atoms with van der Waals surface area (Å²) in [5.41, 5.74) is 0.843. The van der Waals surface area contributed by atoms with Crippen molar-refractivity contribution in [2.45, 2.75) is 55.5 Å². The molecule has 0 aromatic heterocycles. The van der Waals surface area contributed by atoms with Crippen molar-refractivity contribution in [3.8, 4) is 0 Å². The average Bonchev–Trinajstić information content (AvgIpc) is 2.77. The summed E-state index contributed by atoms with van der Waals surface area (Å²) >= 11 is 0. The number of nitrogens with one attached hydrogen (secondary N) is 2. The third kappa shape index (κ3) is 5.94. The van der Waals surface area contributed by atoms with Crippen LogP contribution in [0.15, 0.2) is 58.3 Å². The Labute approximate surface area is 190 Å². The van der Waals surface area contributed by atoms with Crippen molar-refractivity contribution in [1.82, 2.24) is 14.3 Å². The standard InChI is InChI=1S/C22H29N3O5S2/c1-17(2)24-31(27,28)20-10-7-9-19(15-20)22(26)23-16-18-8-6-11-21(14-18)32(29,30)25-12-4-3-5-13-25/h6-11,14-15,17,24H,3-5,12-13,16H2,1-2H3,(H,23,26). The van der Waals surface area contributed by atoms with Gasteiger partial charge in [0.15, 0.2) is 0 Å². The van der Waals surface area contributed by atoms with Crippen LogP contribution in [0, 0.1) is 0 Å². The molecule has 3 rings (SSSR count). The molecule has 0 radical (unpaired) electrons. The van der Waals surface area contributed by atoms with Gasteiger partial charge in [-0.25, -0.2) is 21.6 Å². The Balaban J connectivity index is 1.71. The zero-order valence-corrected chi connectivity index (χ0v) is 19.9. The summed E-state index contributed by atoms with van der Waals surface area (Å²) in [6, 6.07) is 12.0. The highest BCUT2D eigenvalue weighted by molar-refractivity contribution is 7.89. The monoisotopic (exact) mass is 479 g/mol. The van der Waals surface area contributed by atoms with Gasteiger partial charge in [0, 0.05) is 31.2 Å². The fraction of sp³-hybridized carbons (Fsp3) is 0.409. The molecule has 1 saturated heterocycles. The van der Waals surface area contributed by atoms with E-state index in [9.17, 15) is 21.6 Å². The number of sulfonamides is 2. The van der Waals surface area contributed by atoms with Crippen LogP contribution in [0.4, 0.5) is 0 Å². The van der Waals surface area contributed by atoms with Gasteiger partial charge in [-0.05, 0) is 62.6 Å². The van der Waals surface area contributed by atoms with E-state index in [1.807, 2.05) is 0 Å². The molecule has 8 nitrogen and oxygen atoms in total. The van der Waals surface area contributed by atoms with Crippen LogP contribution in [0.5, 0.6) is 0 Å². The number of benzene rings is 2. The molecule has 0 aliphatic carbocycles. The third-order valence-electron chi connectivity index (χ3n) is 5.10. The smallest absolute Gasteiger partial charge is 0.251 e. The summed E-state index contributed by atoms with van der Waals surface area (Å²) in [6.45, 7) is 4.59. The quantitative estimate of drug-likeness (QED) is 0.604. The van der Waals surface area contributed by atoms with E-state index in [0.29, 0.717) is 18.7 Å². The number of piperidine rings is 1. The molecule has 0 saturated carbocycles.